The van der Waals surface area contributed by atoms with Crippen LogP contribution in [0.25, 0.3) is 10.6 Å². The van der Waals surface area contributed by atoms with Crippen LogP contribution in [0.1, 0.15) is 5.69 Å². The van der Waals surface area contributed by atoms with E-state index in [1.54, 1.807) is 18.4 Å². The first-order chi connectivity index (χ1) is 11.3. The smallest absolute Gasteiger partial charge is 0.191 e. The highest BCUT2D eigenvalue weighted by Crippen LogP contribution is 2.25. The number of nitrogens with two attached hydrogens (primary N) is 1. The van der Waals surface area contributed by atoms with Crippen LogP contribution in [-0.2, 0) is 6.54 Å². The van der Waals surface area contributed by atoms with E-state index in [0.29, 0.717) is 12.5 Å². The van der Waals surface area contributed by atoms with Gasteiger partial charge < -0.3 is 15.4 Å². The Morgan fingerprint density at radius 2 is 2.04 bits per heavy atom. The van der Waals surface area contributed by atoms with Gasteiger partial charge >= 0.3 is 0 Å². The minimum atomic E-state index is 0.530. The molecule has 2 N–H and O–H groups in total. The molecule has 1 saturated heterocycles. The van der Waals surface area contributed by atoms with Crippen molar-refractivity contribution in [2.24, 2.45) is 10.7 Å². The van der Waals surface area contributed by atoms with Crippen LogP contribution in [0.5, 0.6) is 5.75 Å². The highest BCUT2D eigenvalue weighted by atomic mass is 32.2. The predicted molar refractivity (Wildman–Crippen MR) is 98.3 cm³/mol. The number of guanidine groups is 1. The third-order valence-electron chi connectivity index (χ3n) is 3.63. The van der Waals surface area contributed by atoms with E-state index >= 15 is 0 Å². The molecule has 23 heavy (non-hydrogen) atoms. The third kappa shape index (κ3) is 4.17. The SMILES string of the molecule is COc1ccc(-c2nc(CN=C(N)N3CCSCC3)cs2)cc1. The fourth-order valence-corrected chi connectivity index (χ4v) is 4.02. The van der Waals surface area contributed by atoms with E-state index in [9.17, 15) is 0 Å². The summed E-state index contributed by atoms with van der Waals surface area (Å²) in [6, 6.07) is 7.93. The lowest BCUT2D eigenvalue weighted by molar-refractivity contribution is 0.415. The molecule has 0 spiro atoms. The number of thiazole rings is 1. The molecule has 0 radical (unpaired) electrons. The Morgan fingerprint density at radius 1 is 1.30 bits per heavy atom. The number of rotatable bonds is 4. The number of benzene rings is 1. The van der Waals surface area contributed by atoms with Crippen LogP contribution < -0.4 is 10.5 Å². The third-order valence-corrected chi connectivity index (χ3v) is 5.51. The molecule has 3 rings (SSSR count). The lowest BCUT2D eigenvalue weighted by Crippen LogP contribution is -2.42. The summed E-state index contributed by atoms with van der Waals surface area (Å²) in [6.07, 6.45) is 0. The summed E-state index contributed by atoms with van der Waals surface area (Å²) < 4.78 is 5.18. The van der Waals surface area contributed by atoms with Gasteiger partial charge in [-0.2, -0.15) is 11.8 Å². The van der Waals surface area contributed by atoms with E-state index in [-0.39, 0.29) is 0 Å². The summed E-state index contributed by atoms with van der Waals surface area (Å²) in [7, 11) is 1.67. The molecule has 1 fully saturated rings. The molecule has 0 atom stereocenters. The van der Waals surface area contributed by atoms with Crippen LogP contribution in [0.15, 0.2) is 34.6 Å². The van der Waals surface area contributed by atoms with Gasteiger partial charge in [0.1, 0.15) is 10.8 Å². The summed E-state index contributed by atoms with van der Waals surface area (Å²) in [5.41, 5.74) is 8.12. The first kappa shape index (κ1) is 16.1. The zero-order valence-corrected chi connectivity index (χ0v) is 14.7. The van der Waals surface area contributed by atoms with Crippen LogP contribution >= 0.6 is 23.1 Å². The quantitative estimate of drug-likeness (QED) is 0.680. The van der Waals surface area contributed by atoms with Gasteiger partial charge in [0.15, 0.2) is 5.96 Å². The Kier molecular flexibility index (Phi) is 5.40. The van der Waals surface area contributed by atoms with E-state index in [0.717, 1.165) is 46.6 Å². The van der Waals surface area contributed by atoms with Gasteiger partial charge in [-0.15, -0.1) is 11.3 Å². The van der Waals surface area contributed by atoms with Crippen molar-refractivity contribution in [2.45, 2.75) is 6.54 Å². The normalized spacial score (nSPS) is 15.7. The molecule has 0 unspecified atom stereocenters. The average molecular weight is 348 g/mol. The average Bonchev–Trinajstić information content (AvgIpc) is 3.09. The number of aromatic nitrogens is 1. The highest BCUT2D eigenvalue weighted by Gasteiger charge is 2.12. The van der Waals surface area contributed by atoms with Gasteiger partial charge in [-0.25, -0.2) is 9.98 Å². The van der Waals surface area contributed by atoms with E-state index in [4.69, 9.17) is 10.5 Å². The molecule has 2 heterocycles. The molecule has 1 aromatic carbocycles. The predicted octanol–water partition coefficient (Wildman–Crippen LogP) is 2.68. The molecular weight excluding hydrogens is 328 g/mol. The zero-order valence-electron chi connectivity index (χ0n) is 13.1. The molecule has 2 aromatic rings. The second-order valence-corrected chi connectivity index (χ2v) is 7.23. The summed E-state index contributed by atoms with van der Waals surface area (Å²) in [5, 5.41) is 3.04. The summed E-state index contributed by atoms with van der Waals surface area (Å²) in [6.45, 7) is 2.49. The first-order valence-corrected chi connectivity index (χ1v) is 9.51. The molecule has 122 valence electrons. The monoisotopic (exact) mass is 348 g/mol. The van der Waals surface area contributed by atoms with Crippen molar-refractivity contribution < 1.29 is 4.74 Å². The standard InChI is InChI=1S/C16H20N4OS2/c1-21-14-4-2-12(3-5-14)15-19-13(11-23-15)10-18-16(17)20-6-8-22-9-7-20/h2-5,11H,6-10H2,1H3,(H2,17,18). The van der Waals surface area contributed by atoms with Crippen LogP contribution in [0, 0.1) is 0 Å². The molecule has 1 aliphatic rings. The molecule has 5 nitrogen and oxygen atoms in total. The molecule has 0 aliphatic carbocycles. The maximum Gasteiger partial charge on any atom is 0.191 e. The molecule has 1 aromatic heterocycles. The molecular formula is C16H20N4OS2. The van der Waals surface area contributed by atoms with Crippen LogP contribution in [0.2, 0.25) is 0 Å². The van der Waals surface area contributed by atoms with E-state index in [1.165, 1.54) is 0 Å². The Labute approximate surface area is 144 Å². The van der Waals surface area contributed by atoms with Crippen molar-refractivity contribution in [3.05, 3.63) is 35.3 Å². The lowest BCUT2D eigenvalue weighted by Gasteiger charge is -2.27. The maximum atomic E-state index is 6.07. The highest BCUT2D eigenvalue weighted by molar-refractivity contribution is 7.99. The molecule has 1 aliphatic heterocycles. The largest absolute Gasteiger partial charge is 0.497 e. The van der Waals surface area contributed by atoms with E-state index in [2.05, 4.69) is 14.9 Å². The number of ether oxygens (including phenoxy) is 1. The molecule has 0 amide bonds. The zero-order chi connectivity index (χ0) is 16.1. The van der Waals surface area contributed by atoms with Gasteiger partial charge in [-0.05, 0) is 24.3 Å². The second kappa shape index (κ2) is 7.70. The Hall–Kier alpha value is -1.73. The summed E-state index contributed by atoms with van der Waals surface area (Å²) in [4.78, 5) is 11.3. The fraction of sp³-hybridized carbons (Fsp3) is 0.375. The minimum absolute atomic E-state index is 0.530. The van der Waals surface area contributed by atoms with Gasteiger partial charge in [0, 0.05) is 35.5 Å². The topological polar surface area (TPSA) is 63.7 Å². The Morgan fingerprint density at radius 3 is 2.74 bits per heavy atom. The van der Waals surface area contributed by atoms with Crippen LogP contribution in [-0.4, -0.2) is 47.5 Å². The number of hydrogen-bond acceptors (Lipinski definition) is 5. The van der Waals surface area contributed by atoms with Crippen molar-refractivity contribution in [3.63, 3.8) is 0 Å². The molecule has 0 saturated carbocycles. The van der Waals surface area contributed by atoms with Gasteiger partial charge in [0.2, 0.25) is 0 Å². The second-order valence-electron chi connectivity index (χ2n) is 5.15. The number of hydrogen-bond donors (Lipinski definition) is 1. The van der Waals surface area contributed by atoms with Crippen molar-refractivity contribution in [3.8, 4) is 16.3 Å². The van der Waals surface area contributed by atoms with Crippen molar-refractivity contribution >= 4 is 29.1 Å². The number of aliphatic imine (C=N–C) groups is 1. The summed E-state index contributed by atoms with van der Waals surface area (Å²) in [5.74, 6) is 3.72. The Bertz CT molecular complexity index is 663. The first-order valence-electron chi connectivity index (χ1n) is 7.47. The fourth-order valence-electron chi connectivity index (χ4n) is 2.30. The van der Waals surface area contributed by atoms with Gasteiger partial charge in [-0.1, -0.05) is 0 Å². The van der Waals surface area contributed by atoms with Crippen molar-refractivity contribution in [2.75, 3.05) is 31.7 Å². The van der Waals surface area contributed by atoms with E-state index < -0.39 is 0 Å². The molecule has 0 bridgehead atoms. The lowest BCUT2D eigenvalue weighted by atomic mass is 10.2. The van der Waals surface area contributed by atoms with Gasteiger partial charge in [0.05, 0.1) is 19.3 Å². The van der Waals surface area contributed by atoms with Crippen molar-refractivity contribution in [1.82, 2.24) is 9.88 Å². The van der Waals surface area contributed by atoms with E-state index in [1.807, 2.05) is 41.4 Å². The maximum absolute atomic E-state index is 6.07. The van der Waals surface area contributed by atoms with Gasteiger partial charge in [-0.3, -0.25) is 0 Å². The van der Waals surface area contributed by atoms with Gasteiger partial charge in [0.25, 0.3) is 0 Å². The summed E-state index contributed by atoms with van der Waals surface area (Å²) >= 11 is 3.59. The number of thioether (sulfide) groups is 1. The van der Waals surface area contributed by atoms with Crippen LogP contribution in [0.3, 0.4) is 0 Å². The Balaban J connectivity index is 1.64. The molecule has 7 heteroatoms. The number of nitrogens with zero attached hydrogens (tertiary/aromatic N) is 3. The number of methoxy groups -OCH3 is 1. The van der Waals surface area contributed by atoms with Crippen LogP contribution in [0.4, 0.5) is 0 Å². The minimum Gasteiger partial charge on any atom is -0.497 e. The van der Waals surface area contributed by atoms with Crippen molar-refractivity contribution in [1.29, 1.82) is 0 Å².